The SMILES string of the molecule is CCOC(=O)c1ccccc1NC(=O)Cc1c(C)noc1C. The highest BCUT2D eigenvalue weighted by molar-refractivity contribution is 6.01. The molecule has 0 unspecified atom stereocenters. The van der Waals surface area contributed by atoms with E-state index in [1.165, 1.54) is 0 Å². The molecule has 1 N–H and O–H groups in total. The second kappa shape index (κ2) is 6.89. The van der Waals surface area contributed by atoms with Gasteiger partial charge in [0.15, 0.2) is 0 Å². The molecule has 116 valence electrons. The molecular weight excluding hydrogens is 284 g/mol. The number of rotatable bonds is 5. The Hall–Kier alpha value is -2.63. The molecule has 0 spiro atoms. The average Bonchev–Trinajstić information content (AvgIpc) is 2.80. The van der Waals surface area contributed by atoms with Crippen molar-refractivity contribution in [2.75, 3.05) is 11.9 Å². The standard InChI is InChI=1S/C16H18N2O4/c1-4-21-16(20)12-7-5-6-8-14(12)17-15(19)9-13-10(2)18-22-11(13)3/h5-8H,4,9H2,1-3H3,(H,17,19). The van der Waals surface area contributed by atoms with Gasteiger partial charge in [-0.2, -0.15) is 0 Å². The summed E-state index contributed by atoms with van der Waals surface area (Å²) in [5.74, 6) is -0.0896. The van der Waals surface area contributed by atoms with Crippen molar-refractivity contribution in [2.24, 2.45) is 0 Å². The summed E-state index contributed by atoms with van der Waals surface area (Å²) in [7, 11) is 0. The number of aromatic nitrogens is 1. The Balaban J connectivity index is 2.14. The number of nitrogens with one attached hydrogen (secondary N) is 1. The number of benzene rings is 1. The lowest BCUT2D eigenvalue weighted by Gasteiger charge is -2.10. The molecule has 22 heavy (non-hydrogen) atoms. The van der Waals surface area contributed by atoms with Gasteiger partial charge in [-0.3, -0.25) is 4.79 Å². The first-order valence-electron chi connectivity index (χ1n) is 7.00. The van der Waals surface area contributed by atoms with Crippen LogP contribution in [0.3, 0.4) is 0 Å². The van der Waals surface area contributed by atoms with Gasteiger partial charge in [-0.1, -0.05) is 17.3 Å². The Bertz CT molecular complexity index is 672. The summed E-state index contributed by atoms with van der Waals surface area (Å²) in [6.45, 7) is 5.55. The summed E-state index contributed by atoms with van der Waals surface area (Å²) in [4.78, 5) is 24.1. The first-order valence-corrected chi connectivity index (χ1v) is 7.00. The van der Waals surface area contributed by atoms with E-state index in [2.05, 4.69) is 10.5 Å². The summed E-state index contributed by atoms with van der Waals surface area (Å²) in [6.07, 6.45) is 0.137. The molecule has 2 rings (SSSR count). The van der Waals surface area contributed by atoms with Crippen LogP contribution in [0, 0.1) is 13.8 Å². The third kappa shape index (κ3) is 3.52. The maximum absolute atomic E-state index is 12.2. The molecule has 6 nitrogen and oxygen atoms in total. The molecule has 1 amide bonds. The van der Waals surface area contributed by atoms with Gasteiger partial charge in [0.05, 0.1) is 30.0 Å². The number of carbonyl (C=O) groups is 2. The van der Waals surface area contributed by atoms with Crippen molar-refractivity contribution in [1.29, 1.82) is 0 Å². The van der Waals surface area contributed by atoms with Crippen LogP contribution in [0.15, 0.2) is 28.8 Å². The van der Waals surface area contributed by atoms with Crippen molar-refractivity contribution in [2.45, 2.75) is 27.2 Å². The van der Waals surface area contributed by atoms with Gasteiger partial charge in [0.2, 0.25) is 5.91 Å². The smallest absolute Gasteiger partial charge is 0.340 e. The van der Waals surface area contributed by atoms with Crippen molar-refractivity contribution in [3.8, 4) is 0 Å². The average molecular weight is 302 g/mol. The van der Waals surface area contributed by atoms with Gasteiger partial charge in [-0.15, -0.1) is 0 Å². The Morgan fingerprint density at radius 3 is 2.64 bits per heavy atom. The molecule has 0 aliphatic heterocycles. The topological polar surface area (TPSA) is 81.4 Å². The van der Waals surface area contributed by atoms with Gasteiger partial charge in [0.1, 0.15) is 5.76 Å². The van der Waals surface area contributed by atoms with Gasteiger partial charge >= 0.3 is 5.97 Å². The molecule has 0 radical (unpaired) electrons. The maximum Gasteiger partial charge on any atom is 0.340 e. The van der Waals surface area contributed by atoms with Crippen LogP contribution in [0.2, 0.25) is 0 Å². The molecule has 6 heteroatoms. The minimum Gasteiger partial charge on any atom is -0.462 e. The van der Waals surface area contributed by atoms with E-state index in [1.54, 1.807) is 45.0 Å². The predicted octanol–water partition coefficient (Wildman–Crippen LogP) is 2.65. The third-order valence-electron chi connectivity index (χ3n) is 3.22. The Morgan fingerprint density at radius 2 is 2.00 bits per heavy atom. The molecule has 0 aliphatic rings. The predicted molar refractivity (Wildman–Crippen MR) is 80.7 cm³/mol. The fourth-order valence-electron chi connectivity index (χ4n) is 2.09. The van der Waals surface area contributed by atoms with E-state index in [4.69, 9.17) is 9.26 Å². The fraction of sp³-hybridized carbons (Fsp3) is 0.312. The van der Waals surface area contributed by atoms with Crippen LogP contribution in [0.1, 0.15) is 34.3 Å². The van der Waals surface area contributed by atoms with Gasteiger partial charge in [-0.05, 0) is 32.9 Å². The molecular formula is C16H18N2O4. The first-order chi connectivity index (χ1) is 10.5. The van der Waals surface area contributed by atoms with Crippen LogP contribution < -0.4 is 5.32 Å². The molecule has 0 saturated heterocycles. The molecule has 0 aliphatic carbocycles. The number of hydrogen-bond acceptors (Lipinski definition) is 5. The monoisotopic (exact) mass is 302 g/mol. The molecule has 0 atom stereocenters. The van der Waals surface area contributed by atoms with Gasteiger partial charge in [0, 0.05) is 5.56 Å². The number of amides is 1. The van der Waals surface area contributed by atoms with Crippen LogP contribution >= 0.6 is 0 Å². The normalized spacial score (nSPS) is 10.3. The minimum atomic E-state index is -0.462. The summed E-state index contributed by atoms with van der Waals surface area (Å²) in [5.41, 5.74) is 2.20. The van der Waals surface area contributed by atoms with Crippen molar-refractivity contribution >= 4 is 17.6 Å². The first kappa shape index (κ1) is 15.8. The molecule has 1 aromatic carbocycles. The number of esters is 1. The third-order valence-corrected chi connectivity index (χ3v) is 3.22. The lowest BCUT2D eigenvalue weighted by molar-refractivity contribution is -0.115. The zero-order chi connectivity index (χ0) is 16.1. The van der Waals surface area contributed by atoms with Gasteiger partial charge < -0.3 is 14.6 Å². The molecule has 0 saturated carbocycles. The van der Waals surface area contributed by atoms with E-state index in [-0.39, 0.29) is 18.9 Å². The van der Waals surface area contributed by atoms with Crippen LogP contribution in [0.25, 0.3) is 0 Å². The number of carbonyl (C=O) groups excluding carboxylic acids is 2. The molecule has 1 aromatic heterocycles. The lowest BCUT2D eigenvalue weighted by Crippen LogP contribution is -2.18. The second-order valence-electron chi connectivity index (χ2n) is 4.79. The number of hydrogen-bond donors (Lipinski definition) is 1. The number of anilines is 1. The van der Waals surface area contributed by atoms with Crippen molar-refractivity contribution in [3.05, 3.63) is 46.8 Å². The van der Waals surface area contributed by atoms with E-state index in [1.807, 2.05) is 0 Å². The summed E-state index contributed by atoms with van der Waals surface area (Å²) < 4.78 is 10.0. The largest absolute Gasteiger partial charge is 0.462 e. The van der Waals surface area contributed by atoms with Crippen LogP contribution in [-0.2, 0) is 16.0 Å². The number of aryl methyl sites for hydroxylation is 2. The number of ether oxygens (including phenoxy) is 1. The zero-order valence-corrected chi connectivity index (χ0v) is 12.8. The summed E-state index contributed by atoms with van der Waals surface area (Å²) in [5, 5.41) is 6.55. The van der Waals surface area contributed by atoms with Crippen LogP contribution in [0.5, 0.6) is 0 Å². The van der Waals surface area contributed by atoms with E-state index < -0.39 is 5.97 Å². The lowest BCUT2D eigenvalue weighted by atomic mass is 10.1. The fourth-order valence-corrected chi connectivity index (χ4v) is 2.09. The van der Waals surface area contributed by atoms with Crippen molar-refractivity contribution in [3.63, 3.8) is 0 Å². The molecule has 2 aromatic rings. The number of nitrogens with zero attached hydrogens (tertiary/aromatic N) is 1. The summed E-state index contributed by atoms with van der Waals surface area (Å²) in [6, 6.07) is 6.74. The zero-order valence-electron chi connectivity index (χ0n) is 12.8. The Kier molecular flexibility index (Phi) is 4.93. The second-order valence-corrected chi connectivity index (χ2v) is 4.79. The van der Waals surface area contributed by atoms with E-state index in [9.17, 15) is 9.59 Å². The van der Waals surface area contributed by atoms with Crippen LogP contribution in [-0.4, -0.2) is 23.6 Å². The van der Waals surface area contributed by atoms with Crippen molar-refractivity contribution in [1.82, 2.24) is 5.16 Å². The Labute approximate surface area is 128 Å². The van der Waals surface area contributed by atoms with Crippen LogP contribution in [0.4, 0.5) is 5.69 Å². The maximum atomic E-state index is 12.2. The molecule has 0 fully saturated rings. The van der Waals surface area contributed by atoms with E-state index in [0.717, 1.165) is 5.56 Å². The Morgan fingerprint density at radius 1 is 1.27 bits per heavy atom. The van der Waals surface area contributed by atoms with Crippen molar-refractivity contribution < 1.29 is 18.8 Å². The highest BCUT2D eigenvalue weighted by Crippen LogP contribution is 2.18. The number of para-hydroxylation sites is 1. The van der Waals surface area contributed by atoms with E-state index >= 15 is 0 Å². The quantitative estimate of drug-likeness (QED) is 0.859. The van der Waals surface area contributed by atoms with Gasteiger partial charge in [-0.25, -0.2) is 4.79 Å². The van der Waals surface area contributed by atoms with Gasteiger partial charge in [0.25, 0.3) is 0 Å². The summed E-state index contributed by atoms with van der Waals surface area (Å²) >= 11 is 0. The molecule has 0 bridgehead atoms. The highest BCUT2D eigenvalue weighted by Gasteiger charge is 2.17. The highest BCUT2D eigenvalue weighted by atomic mass is 16.5. The minimum absolute atomic E-state index is 0.137. The van der Waals surface area contributed by atoms with E-state index in [0.29, 0.717) is 22.7 Å². The molecule has 1 heterocycles.